The third-order valence-corrected chi connectivity index (χ3v) is 4.55. The molecule has 0 aliphatic heterocycles. The number of ether oxygens (including phenoxy) is 1. The molecule has 0 bridgehead atoms. The van der Waals surface area contributed by atoms with Crippen LogP contribution in [-0.2, 0) is 4.74 Å². The first-order valence-electron chi connectivity index (χ1n) is 7.40. The largest absolute Gasteiger partial charge is 0.462 e. The van der Waals surface area contributed by atoms with E-state index in [-0.39, 0.29) is 5.97 Å². The summed E-state index contributed by atoms with van der Waals surface area (Å²) in [4.78, 5) is 12.8. The average Bonchev–Trinajstić information content (AvgIpc) is 3.01. The van der Waals surface area contributed by atoms with Crippen molar-refractivity contribution in [1.82, 2.24) is 0 Å². The Morgan fingerprint density at radius 1 is 0.957 bits per heavy atom. The summed E-state index contributed by atoms with van der Waals surface area (Å²) in [5.74, 6) is -0.289. The first-order valence-corrected chi connectivity index (χ1v) is 8.28. The summed E-state index contributed by atoms with van der Waals surface area (Å²) in [5.41, 5.74) is 10.6. The monoisotopic (exact) mass is 323 g/mol. The summed E-state index contributed by atoms with van der Waals surface area (Å²) in [6.45, 7) is 2.18. The fraction of sp³-hybridized carbons (Fsp3) is 0.105. The van der Waals surface area contributed by atoms with Crippen molar-refractivity contribution in [2.45, 2.75) is 6.92 Å². The van der Waals surface area contributed by atoms with Crippen LogP contribution in [0, 0.1) is 0 Å². The summed E-state index contributed by atoms with van der Waals surface area (Å²) < 4.78 is 4.99. The van der Waals surface area contributed by atoms with E-state index in [9.17, 15) is 4.79 Å². The molecule has 0 radical (unpaired) electrons. The minimum Gasteiger partial charge on any atom is -0.462 e. The molecule has 116 valence electrons. The third kappa shape index (κ3) is 3.27. The van der Waals surface area contributed by atoms with Crippen LogP contribution in [0.4, 0.5) is 5.69 Å². The van der Waals surface area contributed by atoms with E-state index >= 15 is 0 Å². The number of hydrogen-bond donors (Lipinski definition) is 1. The van der Waals surface area contributed by atoms with Crippen LogP contribution in [0.5, 0.6) is 0 Å². The fourth-order valence-electron chi connectivity index (χ4n) is 2.38. The van der Waals surface area contributed by atoms with E-state index in [4.69, 9.17) is 10.5 Å². The van der Waals surface area contributed by atoms with Gasteiger partial charge in [0.25, 0.3) is 0 Å². The number of carbonyl (C=O) groups excluding carboxylic acids is 1. The number of nitrogens with two attached hydrogens (primary N) is 1. The van der Waals surface area contributed by atoms with Gasteiger partial charge in [0, 0.05) is 0 Å². The second-order valence-electron chi connectivity index (χ2n) is 5.08. The van der Waals surface area contributed by atoms with Crippen molar-refractivity contribution in [2.24, 2.45) is 0 Å². The Balaban J connectivity index is 1.82. The van der Waals surface area contributed by atoms with Gasteiger partial charge >= 0.3 is 5.97 Å². The molecule has 0 aliphatic rings. The molecule has 3 aromatic rings. The normalized spacial score (nSPS) is 10.5. The van der Waals surface area contributed by atoms with Gasteiger partial charge in [-0.2, -0.15) is 0 Å². The predicted octanol–water partition coefficient (Wildman–Crippen LogP) is 4.84. The van der Waals surface area contributed by atoms with E-state index in [2.05, 4.69) is 24.3 Å². The number of hydrogen-bond acceptors (Lipinski definition) is 4. The summed E-state index contributed by atoms with van der Waals surface area (Å²) >= 11 is 1.64. The lowest BCUT2D eigenvalue weighted by Gasteiger charge is -2.06. The number of esters is 1. The van der Waals surface area contributed by atoms with E-state index in [1.54, 1.807) is 30.4 Å². The zero-order chi connectivity index (χ0) is 16.2. The number of carbonyl (C=O) groups is 1. The quantitative estimate of drug-likeness (QED) is 0.699. The van der Waals surface area contributed by atoms with Crippen LogP contribution in [0.3, 0.4) is 0 Å². The molecule has 0 fully saturated rings. The number of thiophene rings is 1. The molecule has 4 heteroatoms. The molecular formula is C19H17NO2S. The molecule has 3 rings (SSSR count). The van der Waals surface area contributed by atoms with E-state index in [0.29, 0.717) is 12.2 Å². The molecular weight excluding hydrogens is 306 g/mol. The van der Waals surface area contributed by atoms with E-state index in [1.807, 2.05) is 23.6 Å². The molecule has 0 unspecified atom stereocenters. The van der Waals surface area contributed by atoms with E-state index in [1.165, 1.54) is 0 Å². The molecule has 0 saturated heterocycles. The molecule has 2 N–H and O–H groups in total. The van der Waals surface area contributed by atoms with Crippen LogP contribution in [0.1, 0.15) is 17.3 Å². The highest BCUT2D eigenvalue weighted by Gasteiger charge is 2.07. The topological polar surface area (TPSA) is 52.3 Å². The van der Waals surface area contributed by atoms with Gasteiger partial charge in [-0.3, -0.25) is 0 Å². The van der Waals surface area contributed by atoms with Crippen LogP contribution in [0.25, 0.3) is 21.6 Å². The lowest BCUT2D eigenvalue weighted by molar-refractivity contribution is 0.0526. The highest BCUT2D eigenvalue weighted by molar-refractivity contribution is 7.14. The molecule has 0 amide bonds. The van der Waals surface area contributed by atoms with Crippen LogP contribution in [-0.4, -0.2) is 12.6 Å². The van der Waals surface area contributed by atoms with Crippen LogP contribution in [0.2, 0.25) is 0 Å². The van der Waals surface area contributed by atoms with Gasteiger partial charge < -0.3 is 10.5 Å². The number of rotatable bonds is 4. The molecule has 1 heterocycles. The molecule has 0 atom stereocenters. The van der Waals surface area contributed by atoms with Crippen LogP contribution < -0.4 is 5.73 Å². The minimum absolute atomic E-state index is 0.289. The summed E-state index contributed by atoms with van der Waals surface area (Å²) in [6, 6.07) is 17.6. The van der Waals surface area contributed by atoms with Crippen molar-refractivity contribution >= 4 is 23.0 Å². The Kier molecular flexibility index (Phi) is 4.44. The number of nitrogen functional groups attached to an aromatic ring is 1. The van der Waals surface area contributed by atoms with E-state index in [0.717, 1.165) is 27.3 Å². The van der Waals surface area contributed by atoms with Gasteiger partial charge in [0.2, 0.25) is 0 Å². The van der Waals surface area contributed by atoms with Gasteiger partial charge in [-0.05, 0) is 47.2 Å². The maximum absolute atomic E-state index is 11.7. The molecule has 2 aromatic carbocycles. The number of benzene rings is 2. The molecule has 3 nitrogen and oxygen atoms in total. The van der Waals surface area contributed by atoms with Gasteiger partial charge in [0.15, 0.2) is 0 Å². The smallest absolute Gasteiger partial charge is 0.338 e. The Bertz CT molecular complexity index is 804. The first-order chi connectivity index (χ1) is 11.2. The van der Waals surface area contributed by atoms with Gasteiger partial charge in [0.05, 0.1) is 22.7 Å². The van der Waals surface area contributed by atoms with E-state index < -0.39 is 0 Å². The van der Waals surface area contributed by atoms with Crippen LogP contribution in [0.15, 0.2) is 60.0 Å². The average molecular weight is 323 g/mol. The molecule has 0 spiro atoms. The second kappa shape index (κ2) is 6.67. The lowest BCUT2D eigenvalue weighted by Crippen LogP contribution is -2.03. The van der Waals surface area contributed by atoms with Gasteiger partial charge in [0.1, 0.15) is 0 Å². The number of anilines is 1. The fourth-order valence-corrected chi connectivity index (χ4v) is 3.21. The van der Waals surface area contributed by atoms with Crippen molar-refractivity contribution in [2.75, 3.05) is 12.3 Å². The minimum atomic E-state index is -0.289. The molecule has 1 aromatic heterocycles. The zero-order valence-electron chi connectivity index (χ0n) is 12.8. The second-order valence-corrected chi connectivity index (χ2v) is 6.00. The van der Waals surface area contributed by atoms with Crippen molar-refractivity contribution in [3.8, 4) is 21.6 Å². The van der Waals surface area contributed by atoms with Gasteiger partial charge in [-0.1, -0.05) is 36.4 Å². The Morgan fingerprint density at radius 2 is 1.52 bits per heavy atom. The van der Waals surface area contributed by atoms with Crippen molar-refractivity contribution in [3.63, 3.8) is 0 Å². The van der Waals surface area contributed by atoms with Crippen molar-refractivity contribution < 1.29 is 9.53 Å². The van der Waals surface area contributed by atoms with Gasteiger partial charge in [-0.25, -0.2) is 4.79 Å². The highest BCUT2D eigenvalue weighted by Crippen LogP contribution is 2.32. The summed E-state index contributed by atoms with van der Waals surface area (Å²) in [6.07, 6.45) is 0. The molecule has 23 heavy (non-hydrogen) atoms. The van der Waals surface area contributed by atoms with Crippen molar-refractivity contribution in [1.29, 1.82) is 0 Å². The summed E-state index contributed by atoms with van der Waals surface area (Å²) in [5, 5.41) is 1.99. The molecule has 0 aliphatic carbocycles. The third-order valence-electron chi connectivity index (χ3n) is 3.57. The highest BCUT2D eigenvalue weighted by atomic mass is 32.1. The maximum atomic E-state index is 11.7. The van der Waals surface area contributed by atoms with Crippen LogP contribution >= 0.6 is 11.3 Å². The van der Waals surface area contributed by atoms with Gasteiger partial charge in [-0.15, -0.1) is 11.3 Å². The summed E-state index contributed by atoms with van der Waals surface area (Å²) in [7, 11) is 0. The molecule has 0 saturated carbocycles. The standard InChI is InChI=1S/C19H17NO2S/c1-2-22-19(21)16-9-5-14(6-10-16)13-3-7-15(8-4-13)18-17(20)11-12-23-18/h3-12H,2,20H2,1H3. The zero-order valence-corrected chi connectivity index (χ0v) is 13.6. The Hall–Kier alpha value is -2.59. The first kappa shape index (κ1) is 15.3. The maximum Gasteiger partial charge on any atom is 0.338 e. The Labute approximate surface area is 139 Å². The lowest BCUT2D eigenvalue weighted by atomic mass is 10.0. The van der Waals surface area contributed by atoms with Crippen molar-refractivity contribution in [3.05, 3.63) is 65.5 Å². The SMILES string of the molecule is CCOC(=O)c1ccc(-c2ccc(-c3sccc3N)cc2)cc1. The predicted molar refractivity (Wildman–Crippen MR) is 95.6 cm³/mol. The Morgan fingerprint density at radius 3 is 2.04 bits per heavy atom.